The molecule has 5 heteroatoms. The molecule has 92 valence electrons. The lowest BCUT2D eigenvalue weighted by atomic mass is 9.97. The predicted octanol–water partition coefficient (Wildman–Crippen LogP) is 0.235. The molecule has 3 atom stereocenters. The molecule has 2 aliphatic rings. The van der Waals surface area contributed by atoms with Crippen molar-refractivity contribution in [3.05, 3.63) is 18.0 Å². The van der Waals surface area contributed by atoms with Crippen LogP contribution in [-0.2, 0) is 11.2 Å². The number of aromatic nitrogens is 2. The number of fused-ring (bicyclic) bond motifs is 2. The first-order chi connectivity index (χ1) is 8.28. The minimum Gasteiger partial charge on any atom is -0.390 e. The van der Waals surface area contributed by atoms with Crippen LogP contribution in [0.1, 0.15) is 12.5 Å². The number of anilines is 1. The Morgan fingerprint density at radius 2 is 2.18 bits per heavy atom. The van der Waals surface area contributed by atoms with Gasteiger partial charge in [-0.25, -0.2) is 9.97 Å². The molecule has 5 nitrogen and oxygen atoms in total. The van der Waals surface area contributed by atoms with E-state index in [0.29, 0.717) is 13.2 Å². The fourth-order valence-corrected chi connectivity index (χ4v) is 2.50. The third-order valence-electron chi connectivity index (χ3n) is 3.63. The molecular formula is C12H17N3O2. The number of piperidine rings is 1. The third-order valence-corrected chi connectivity index (χ3v) is 3.63. The minimum absolute atomic E-state index is 0.0804. The Morgan fingerprint density at radius 3 is 2.82 bits per heavy atom. The summed E-state index contributed by atoms with van der Waals surface area (Å²) in [7, 11) is 0. The first kappa shape index (κ1) is 10.9. The van der Waals surface area contributed by atoms with Crippen LogP contribution >= 0.6 is 0 Å². The molecule has 0 spiro atoms. The van der Waals surface area contributed by atoms with Crippen LogP contribution in [0.2, 0.25) is 0 Å². The number of rotatable bonds is 2. The zero-order valence-corrected chi connectivity index (χ0v) is 9.91. The molecule has 1 N–H and O–H groups in total. The van der Waals surface area contributed by atoms with E-state index in [4.69, 9.17) is 4.74 Å². The normalized spacial score (nSPS) is 31.9. The van der Waals surface area contributed by atoms with Crippen molar-refractivity contribution in [1.29, 1.82) is 0 Å². The van der Waals surface area contributed by atoms with Crippen molar-refractivity contribution in [3.8, 4) is 0 Å². The van der Waals surface area contributed by atoms with Gasteiger partial charge in [0.1, 0.15) is 6.10 Å². The molecule has 3 heterocycles. The lowest BCUT2D eigenvalue weighted by molar-refractivity contribution is 0.0360. The van der Waals surface area contributed by atoms with Crippen molar-refractivity contribution >= 4 is 5.95 Å². The summed E-state index contributed by atoms with van der Waals surface area (Å²) in [6.45, 7) is 4.20. The molecule has 3 rings (SSSR count). The van der Waals surface area contributed by atoms with Gasteiger partial charge in [-0.05, 0) is 12.0 Å². The number of aliphatic hydroxyl groups excluding tert-OH is 1. The molecule has 1 aromatic rings. The van der Waals surface area contributed by atoms with E-state index < -0.39 is 0 Å². The summed E-state index contributed by atoms with van der Waals surface area (Å²) >= 11 is 0. The first-order valence-corrected chi connectivity index (χ1v) is 6.13. The van der Waals surface area contributed by atoms with Crippen LogP contribution in [0.3, 0.4) is 0 Å². The monoisotopic (exact) mass is 235 g/mol. The maximum absolute atomic E-state index is 9.86. The van der Waals surface area contributed by atoms with Gasteiger partial charge in [0, 0.05) is 31.4 Å². The summed E-state index contributed by atoms with van der Waals surface area (Å²) < 4.78 is 5.54. The van der Waals surface area contributed by atoms with E-state index in [2.05, 4.69) is 21.8 Å². The van der Waals surface area contributed by atoms with Gasteiger partial charge in [0.2, 0.25) is 5.95 Å². The summed E-state index contributed by atoms with van der Waals surface area (Å²) in [6, 6.07) is 0. The van der Waals surface area contributed by atoms with Crippen LogP contribution < -0.4 is 4.90 Å². The third kappa shape index (κ3) is 1.89. The minimum atomic E-state index is -0.318. The molecule has 3 unspecified atom stereocenters. The number of aryl methyl sites for hydroxylation is 1. The number of ether oxygens (including phenoxy) is 1. The average Bonchev–Trinajstić information content (AvgIpc) is 2.61. The van der Waals surface area contributed by atoms with Crippen molar-refractivity contribution in [1.82, 2.24) is 9.97 Å². The van der Waals surface area contributed by atoms with E-state index in [0.717, 1.165) is 24.5 Å². The van der Waals surface area contributed by atoms with Gasteiger partial charge in [-0.2, -0.15) is 0 Å². The lowest BCUT2D eigenvalue weighted by Gasteiger charge is -2.33. The van der Waals surface area contributed by atoms with E-state index >= 15 is 0 Å². The Hall–Kier alpha value is -1.20. The molecule has 0 radical (unpaired) electrons. The Kier molecular flexibility index (Phi) is 2.72. The van der Waals surface area contributed by atoms with Gasteiger partial charge in [-0.3, -0.25) is 0 Å². The maximum Gasteiger partial charge on any atom is 0.225 e. The van der Waals surface area contributed by atoms with Gasteiger partial charge in [-0.1, -0.05) is 6.92 Å². The van der Waals surface area contributed by atoms with E-state index in [9.17, 15) is 5.11 Å². The van der Waals surface area contributed by atoms with Crippen LogP contribution in [0.4, 0.5) is 5.95 Å². The molecule has 2 aliphatic heterocycles. The van der Waals surface area contributed by atoms with Crippen LogP contribution in [0, 0.1) is 5.92 Å². The Labute approximate surface area is 100 Å². The largest absolute Gasteiger partial charge is 0.390 e. The van der Waals surface area contributed by atoms with Gasteiger partial charge in [0.05, 0.1) is 12.7 Å². The summed E-state index contributed by atoms with van der Waals surface area (Å²) in [5, 5.41) is 9.86. The quantitative estimate of drug-likeness (QED) is 0.795. The zero-order valence-electron chi connectivity index (χ0n) is 9.91. The van der Waals surface area contributed by atoms with Crippen LogP contribution in [0.5, 0.6) is 0 Å². The van der Waals surface area contributed by atoms with Gasteiger partial charge in [0.25, 0.3) is 0 Å². The van der Waals surface area contributed by atoms with Crippen molar-refractivity contribution in [2.45, 2.75) is 25.6 Å². The lowest BCUT2D eigenvalue weighted by Crippen LogP contribution is -2.48. The highest BCUT2D eigenvalue weighted by atomic mass is 16.5. The number of hydrogen-bond acceptors (Lipinski definition) is 5. The molecule has 0 aliphatic carbocycles. The molecule has 0 saturated carbocycles. The second-order valence-electron chi connectivity index (χ2n) is 4.77. The zero-order chi connectivity index (χ0) is 11.8. The van der Waals surface area contributed by atoms with Gasteiger partial charge in [-0.15, -0.1) is 0 Å². The van der Waals surface area contributed by atoms with Crippen molar-refractivity contribution in [2.75, 3.05) is 24.6 Å². The van der Waals surface area contributed by atoms with E-state index in [1.54, 1.807) is 0 Å². The predicted molar refractivity (Wildman–Crippen MR) is 62.9 cm³/mol. The average molecular weight is 235 g/mol. The highest BCUT2D eigenvalue weighted by Crippen LogP contribution is 2.28. The fraction of sp³-hybridized carbons (Fsp3) is 0.667. The molecule has 2 fully saturated rings. The van der Waals surface area contributed by atoms with Crippen LogP contribution in [0.15, 0.2) is 12.4 Å². The number of hydrogen-bond donors (Lipinski definition) is 1. The number of aliphatic hydroxyl groups is 1. The summed E-state index contributed by atoms with van der Waals surface area (Å²) in [5.74, 6) is 0.942. The summed E-state index contributed by atoms with van der Waals surface area (Å²) in [5.41, 5.74) is 1.14. The smallest absolute Gasteiger partial charge is 0.225 e. The Balaban J connectivity index is 1.76. The Morgan fingerprint density at radius 1 is 1.41 bits per heavy atom. The molecule has 1 aromatic heterocycles. The van der Waals surface area contributed by atoms with Gasteiger partial charge < -0.3 is 14.7 Å². The van der Waals surface area contributed by atoms with E-state index in [1.165, 1.54) is 0 Å². The van der Waals surface area contributed by atoms with Gasteiger partial charge in [0.15, 0.2) is 0 Å². The molecule has 0 amide bonds. The van der Waals surface area contributed by atoms with E-state index in [-0.39, 0.29) is 18.1 Å². The van der Waals surface area contributed by atoms with Crippen molar-refractivity contribution in [3.63, 3.8) is 0 Å². The van der Waals surface area contributed by atoms with Gasteiger partial charge >= 0.3 is 0 Å². The van der Waals surface area contributed by atoms with Crippen molar-refractivity contribution in [2.24, 2.45) is 5.92 Å². The molecular weight excluding hydrogens is 218 g/mol. The van der Waals surface area contributed by atoms with Crippen LogP contribution in [0.25, 0.3) is 0 Å². The highest BCUT2D eigenvalue weighted by Gasteiger charge is 2.42. The topological polar surface area (TPSA) is 58.5 Å². The second kappa shape index (κ2) is 4.23. The molecule has 2 saturated heterocycles. The SMILES string of the molecule is CCc1cnc(N2CC3COC(C2)C3O)nc1. The highest BCUT2D eigenvalue weighted by molar-refractivity contribution is 5.32. The molecule has 0 aromatic carbocycles. The Bertz CT molecular complexity index is 381. The summed E-state index contributed by atoms with van der Waals surface area (Å²) in [6.07, 6.45) is 4.30. The molecule has 17 heavy (non-hydrogen) atoms. The number of nitrogens with zero attached hydrogens (tertiary/aromatic N) is 3. The van der Waals surface area contributed by atoms with Crippen molar-refractivity contribution < 1.29 is 9.84 Å². The summed E-state index contributed by atoms with van der Waals surface area (Å²) in [4.78, 5) is 10.9. The first-order valence-electron chi connectivity index (χ1n) is 6.13. The fourth-order valence-electron chi connectivity index (χ4n) is 2.50. The molecule has 2 bridgehead atoms. The second-order valence-corrected chi connectivity index (χ2v) is 4.77. The van der Waals surface area contributed by atoms with Crippen LogP contribution in [-0.4, -0.2) is 47.0 Å². The standard InChI is InChI=1S/C12H17N3O2/c1-2-8-3-13-12(14-4-8)15-5-9-7-17-10(6-15)11(9)16/h3-4,9-11,16H,2,5-7H2,1H3. The maximum atomic E-state index is 9.86. The van der Waals surface area contributed by atoms with E-state index in [1.807, 2.05) is 12.4 Å².